The van der Waals surface area contributed by atoms with Crippen molar-refractivity contribution >= 4 is 45.3 Å². The quantitative estimate of drug-likeness (QED) is 0.531. The van der Waals surface area contributed by atoms with E-state index in [-0.39, 0.29) is 22.3 Å². The molecule has 0 radical (unpaired) electrons. The summed E-state index contributed by atoms with van der Waals surface area (Å²) in [5, 5.41) is 8.47. The molecule has 0 amide bonds. The molecule has 4 rings (SSSR count). The van der Waals surface area contributed by atoms with Crippen LogP contribution in [0.5, 0.6) is 0 Å². The molecule has 0 heterocycles. The molecule has 4 nitrogen and oxygen atoms in total. The van der Waals surface area contributed by atoms with E-state index < -0.39 is 11.6 Å². The number of thiocarbonyl (C=S) groups is 1. The summed E-state index contributed by atoms with van der Waals surface area (Å²) in [5.41, 5.74) is 4.09. The van der Waals surface area contributed by atoms with Gasteiger partial charge in [-0.05, 0) is 29.7 Å². The van der Waals surface area contributed by atoms with Crippen LogP contribution in [0.15, 0.2) is 59.7 Å². The molecule has 128 valence electrons. The highest BCUT2D eigenvalue weighted by Crippen LogP contribution is 2.30. The fourth-order valence-corrected chi connectivity index (χ4v) is 3.09. The van der Waals surface area contributed by atoms with E-state index in [2.05, 4.69) is 15.8 Å². The van der Waals surface area contributed by atoms with Crippen molar-refractivity contribution in [3.63, 3.8) is 0 Å². The van der Waals surface area contributed by atoms with E-state index in [0.717, 1.165) is 22.9 Å². The molecular weight excluding hydrogens is 356 g/mol. The first-order valence-corrected chi connectivity index (χ1v) is 8.12. The molecule has 0 aromatic heterocycles. The molecule has 0 spiro atoms. The van der Waals surface area contributed by atoms with E-state index >= 15 is 0 Å². The summed E-state index contributed by atoms with van der Waals surface area (Å²) in [7, 11) is 0. The van der Waals surface area contributed by atoms with Gasteiger partial charge in [-0.15, -0.1) is 0 Å². The van der Waals surface area contributed by atoms with E-state index in [0.29, 0.717) is 11.1 Å². The molecule has 7 heteroatoms. The van der Waals surface area contributed by atoms with Crippen molar-refractivity contribution in [1.82, 2.24) is 5.43 Å². The van der Waals surface area contributed by atoms with Crippen molar-refractivity contribution in [3.8, 4) is 0 Å². The molecule has 1 aliphatic carbocycles. The number of rotatable bonds is 2. The summed E-state index contributed by atoms with van der Waals surface area (Å²) in [6.45, 7) is 0. The fraction of sp³-hybridized carbons (Fsp3) is 0. The first-order valence-electron chi connectivity index (χ1n) is 7.71. The molecule has 0 aliphatic heterocycles. The molecule has 1 aliphatic rings. The highest BCUT2D eigenvalue weighted by atomic mass is 32.1. The summed E-state index contributed by atoms with van der Waals surface area (Å²) in [6.07, 6.45) is 0. The zero-order chi connectivity index (χ0) is 18.3. The third kappa shape index (κ3) is 2.72. The highest BCUT2D eigenvalue weighted by molar-refractivity contribution is 7.80. The van der Waals surface area contributed by atoms with Crippen LogP contribution in [-0.4, -0.2) is 16.6 Å². The van der Waals surface area contributed by atoms with Crippen LogP contribution >= 0.6 is 12.2 Å². The monoisotopic (exact) mass is 367 g/mol. The third-order valence-electron chi connectivity index (χ3n) is 4.07. The van der Waals surface area contributed by atoms with Gasteiger partial charge >= 0.3 is 0 Å². The number of anilines is 1. The molecule has 0 unspecified atom stereocenters. The maximum atomic E-state index is 13.7. The summed E-state index contributed by atoms with van der Waals surface area (Å²) >= 11 is 5.07. The minimum Gasteiger partial charge on any atom is -0.329 e. The minimum absolute atomic E-state index is 0.00670. The lowest BCUT2D eigenvalue weighted by molar-refractivity contribution is 0.106. The standard InChI is InChI=1S/C19H11F2N3OS/c20-11-7-8-15(14(21)9-11)22-19(26)24-23-17-12-5-1-3-10-4-2-6-13(16(10)12)18(17)25/h1-9H,(H2,22,24,26). The predicted octanol–water partition coefficient (Wildman–Crippen LogP) is 4.01. The number of carbonyl (C=O) groups is 1. The Kier molecular flexibility index (Phi) is 3.93. The lowest BCUT2D eigenvalue weighted by Gasteiger charge is -2.08. The van der Waals surface area contributed by atoms with Crippen molar-refractivity contribution < 1.29 is 13.6 Å². The van der Waals surface area contributed by atoms with Crippen molar-refractivity contribution in [3.05, 3.63) is 77.4 Å². The maximum absolute atomic E-state index is 13.7. The van der Waals surface area contributed by atoms with Gasteiger partial charge in [0.25, 0.3) is 0 Å². The number of carbonyl (C=O) groups excluding carboxylic acids is 1. The van der Waals surface area contributed by atoms with Crippen molar-refractivity contribution in [2.75, 3.05) is 5.32 Å². The van der Waals surface area contributed by atoms with Gasteiger partial charge in [0.05, 0.1) is 5.69 Å². The fourth-order valence-electron chi connectivity index (χ4n) is 2.94. The Morgan fingerprint density at radius 2 is 1.73 bits per heavy atom. The Morgan fingerprint density at radius 1 is 1.00 bits per heavy atom. The van der Waals surface area contributed by atoms with Crippen LogP contribution in [-0.2, 0) is 0 Å². The number of hydrogen-bond donors (Lipinski definition) is 2. The summed E-state index contributed by atoms with van der Waals surface area (Å²) in [5.74, 6) is -1.68. The van der Waals surface area contributed by atoms with Gasteiger partial charge in [0, 0.05) is 22.6 Å². The van der Waals surface area contributed by atoms with Gasteiger partial charge in [-0.3, -0.25) is 10.2 Å². The number of halogens is 2. The maximum Gasteiger partial charge on any atom is 0.214 e. The van der Waals surface area contributed by atoms with Crippen molar-refractivity contribution in [1.29, 1.82) is 0 Å². The molecule has 3 aromatic carbocycles. The number of nitrogens with zero attached hydrogens (tertiary/aromatic N) is 1. The Labute approximate surface area is 152 Å². The second-order valence-corrected chi connectivity index (χ2v) is 6.10. The average molecular weight is 367 g/mol. The first kappa shape index (κ1) is 16.3. The SMILES string of the molecule is O=C1C(=NNC(=S)Nc2ccc(F)cc2F)c2cccc3cccc1c23. The largest absolute Gasteiger partial charge is 0.329 e. The van der Waals surface area contributed by atoms with Gasteiger partial charge in [-0.25, -0.2) is 8.78 Å². The van der Waals surface area contributed by atoms with E-state index in [1.54, 1.807) is 6.07 Å². The Morgan fingerprint density at radius 3 is 2.46 bits per heavy atom. The Balaban J connectivity index is 1.59. The Bertz CT molecular complexity index is 1110. The van der Waals surface area contributed by atoms with E-state index in [4.69, 9.17) is 12.2 Å². The molecule has 3 aromatic rings. The van der Waals surface area contributed by atoms with Gasteiger partial charge in [-0.1, -0.05) is 36.4 Å². The van der Waals surface area contributed by atoms with Gasteiger partial charge in [0.1, 0.15) is 17.3 Å². The van der Waals surface area contributed by atoms with Gasteiger partial charge in [0.2, 0.25) is 5.78 Å². The number of Topliss-reactive ketones (excluding diaryl/α,β-unsaturated/α-hetero) is 1. The number of nitrogens with one attached hydrogen (secondary N) is 2. The first-order chi connectivity index (χ1) is 12.5. The summed E-state index contributed by atoms with van der Waals surface area (Å²) in [6, 6.07) is 14.2. The smallest absolute Gasteiger partial charge is 0.214 e. The van der Waals surface area contributed by atoms with Crippen LogP contribution in [0.2, 0.25) is 0 Å². The lowest BCUT2D eigenvalue weighted by Crippen LogP contribution is -2.27. The molecule has 0 saturated heterocycles. The van der Waals surface area contributed by atoms with Crippen LogP contribution in [0, 0.1) is 11.6 Å². The second-order valence-electron chi connectivity index (χ2n) is 5.69. The van der Waals surface area contributed by atoms with E-state index in [1.807, 2.05) is 30.3 Å². The molecular formula is C19H11F2N3OS. The molecule has 2 N–H and O–H groups in total. The normalized spacial score (nSPS) is 14.1. The number of ketones is 1. The predicted molar refractivity (Wildman–Crippen MR) is 101 cm³/mol. The van der Waals surface area contributed by atoms with Crippen molar-refractivity contribution in [2.24, 2.45) is 5.10 Å². The van der Waals surface area contributed by atoms with Crippen LogP contribution in [0.4, 0.5) is 14.5 Å². The van der Waals surface area contributed by atoms with E-state index in [9.17, 15) is 13.6 Å². The lowest BCUT2D eigenvalue weighted by atomic mass is 10.1. The van der Waals surface area contributed by atoms with Gasteiger partial charge in [0.15, 0.2) is 5.11 Å². The topological polar surface area (TPSA) is 53.5 Å². The molecule has 26 heavy (non-hydrogen) atoms. The van der Waals surface area contributed by atoms with Gasteiger partial charge < -0.3 is 5.32 Å². The van der Waals surface area contributed by atoms with Gasteiger partial charge in [-0.2, -0.15) is 5.10 Å². The number of hydrogen-bond acceptors (Lipinski definition) is 3. The van der Waals surface area contributed by atoms with E-state index in [1.165, 1.54) is 6.07 Å². The average Bonchev–Trinajstić information content (AvgIpc) is 2.90. The Hall–Kier alpha value is -3.19. The van der Waals surface area contributed by atoms with Crippen LogP contribution in [0.25, 0.3) is 10.8 Å². The van der Waals surface area contributed by atoms with Crippen molar-refractivity contribution in [2.45, 2.75) is 0 Å². The third-order valence-corrected chi connectivity index (χ3v) is 4.26. The van der Waals surface area contributed by atoms with Crippen LogP contribution in [0.1, 0.15) is 15.9 Å². The second kappa shape index (κ2) is 6.27. The highest BCUT2D eigenvalue weighted by Gasteiger charge is 2.28. The zero-order valence-corrected chi connectivity index (χ0v) is 14.0. The summed E-state index contributed by atoms with van der Waals surface area (Å²) < 4.78 is 26.6. The van der Waals surface area contributed by atoms with Crippen LogP contribution in [0.3, 0.4) is 0 Å². The number of benzene rings is 3. The van der Waals surface area contributed by atoms with Crippen LogP contribution < -0.4 is 10.7 Å². The molecule has 0 fully saturated rings. The molecule has 0 atom stereocenters. The summed E-state index contributed by atoms with van der Waals surface area (Å²) in [4.78, 5) is 12.6. The zero-order valence-electron chi connectivity index (χ0n) is 13.2. The number of hydrazone groups is 1. The molecule has 0 saturated carbocycles. The minimum atomic E-state index is -0.782. The molecule has 0 bridgehead atoms.